The summed E-state index contributed by atoms with van der Waals surface area (Å²) in [5, 5.41) is 29.1. The second kappa shape index (κ2) is 3.27. The van der Waals surface area contributed by atoms with E-state index in [1.54, 1.807) is 0 Å². The summed E-state index contributed by atoms with van der Waals surface area (Å²) in [5.74, 6) is 0. The van der Waals surface area contributed by atoms with Gasteiger partial charge in [0.05, 0.1) is 24.8 Å². The minimum Gasteiger partial charge on any atom is -0.395 e. The van der Waals surface area contributed by atoms with E-state index in [0.29, 0.717) is 6.54 Å². The van der Waals surface area contributed by atoms with Crippen molar-refractivity contribution in [2.75, 3.05) is 13.2 Å². The minimum atomic E-state index is -0.623. The Hall–Kier alpha value is -0.200. The van der Waals surface area contributed by atoms with Crippen LogP contribution in [0, 0.1) is 0 Å². The van der Waals surface area contributed by atoms with E-state index < -0.39 is 12.1 Å². The molecule has 0 aromatic rings. The predicted octanol–water partition coefficient (Wildman–Crippen LogP) is -2.34. The first-order valence-corrected chi connectivity index (χ1v) is 3.21. The van der Waals surface area contributed by atoms with Crippen LogP contribution in [0.3, 0.4) is 0 Å². The van der Waals surface area contributed by atoms with Crippen LogP contribution in [-0.2, 0) is 0 Å². The molecule has 0 saturated carbocycles. The third-order valence-corrected chi connectivity index (χ3v) is 1.78. The molecule has 5 N–H and O–H groups in total. The maximum absolute atomic E-state index is 9.09. The summed E-state index contributed by atoms with van der Waals surface area (Å²) in [6.07, 6.45) is -0.623. The van der Waals surface area contributed by atoms with Crippen molar-refractivity contribution in [1.29, 1.82) is 0 Å². The summed E-state index contributed by atoms with van der Waals surface area (Å²) in [6, 6.07) is -0.704. The molecule has 60 valence electrons. The van der Waals surface area contributed by atoms with Crippen molar-refractivity contribution < 1.29 is 15.4 Å². The largest absolute Gasteiger partial charge is 0.395 e. The summed E-state index contributed by atoms with van der Waals surface area (Å²) < 4.78 is 0. The SMILES string of the molecule is OC[C@H]1NC[C@@H](O)[C@@H]1NO. The predicted molar refractivity (Wildman–Crippen MR) is 33.6 cm³/mol. The molecule has 0 spiro atoms. The number of aliphatic hydroxyl groups excluding tert-OH is 2. The molecular formula is C5H12N2O3. The van der Waals surface area contributed by atoms with Gasteiger partial charge in [0, 0.05) is 6.54 Å². The van der Waals surface area contributed by atoms with Crippen LogP contribution in [0.5, 0.6) is 0 Å². The van der Waals surface area contributed by atoms with E-state index in [-0.39, 0.29) is 12.6 Å². The van der Waals surface area contributed by atoms with Crippen LogP contribution in [0.25, 0.3) is 0 Å². The van der Waals surface area contributed by atoms with Gasteiger partial charge in [-0.25, -0.2) is 0 Å². The highest BCUT2D eigenvalue weighted by molar-refractivity contribution is 4.93. The van der Waals surface area contributed by atoms with Crippen molar-refractivity contribution >= 4 is 0 Å². The van der Waals surface area contributed by atoms with Crippen molar-refractivity contribution in [2.24, 2.45) is 0 Å². The van der Waals surface area contributed by atoms with Crippen LogP contribution in [0.2, 0.25) is 0 Å². The normalized spacial score (nSPS) is 40.5. The van der Waals surface area contributed by atoms with Gasteiger partial charge in [0.2, 0.25) is 0 Å². The molecule has 0 radical (unpaired) electrons. The van der Waals surface area contributed by atoms with E-state index in [1.807, 2.05) is 5.48 Å². The molecule has 1 heterocycles. The van der Waals surface area contributed by atoms with Gasteiger partial charge in [0.1, 0.15) is 0 Å². The second-order valence-corrected chi connectivity index (χ2v) is 2.42. The zero-order valence-electron chi connectivity index (χ0n) is 5.49. The fourth-order valence-corrected chi connectivity index (χ4v) is 1.15. The third-order valence-electron chi connectivity index (χ3n) is 1.78. The fourth-order valence-electron chi connectivity index (χ4n) is 1.15. The number of aliphatic hydroxyl groups is 2. The average Bonchev–Trinajstić information content (AvgIpc) is 2.30. The fraction of sp³-hybridized carbons (Fsp3) is 1.00. The quantitative estimate of drug-likeness (QED) is 0.283. The molecule has 5 heteroatoms. The Kier molecular flexibility index (Phi) is 2.58. The van der Waals surface area contributed by atoms with Crippen LogP contribution >= 0.6 is 0 Å². The van der Waals surface area contributed by atoms with E-state index >= 15 is 0 Å². The van der Waals surface area contributed by atoms with Gasteiger partial charge in [0.25, 0.3) is 0 Å². The van der Waals surface area contributed by atoms with E-state index in [0.717, 1.165) is 0 Å². The molecule has 1 aliphatic rings. The van der Waals surface area contributed by atoms with Crippen molar-refractivity contribution in [2.45, 2.75) is 18.2 Å². The summed E-state index contributed by atoms with van der Waals surface area (Å²) in [4.78, 5) is 0. The molecule has 1 saturated heterocycles. The number of rotatable bonds is 2. The summed E-state index contributed by atoms with van der Waals surface area (Å²) in [5.41, 5.74) is 1.94. The molecule has 0 aromatic carbocycles. The van der Waals surface area contributed by atoms with Crippen LogP contribution < -0.4 is 10.8 Å². The van der Waals surface area contributed by atoms with Gasteiger partial charge in [-0.15, -0.1) is 0 Å². The zero-order chi connectivity index (χ0) is 7.56. The number of hydroxylamine groups is 1. The van der Waals surface area contributed by atoms with Gasteiger partial charge in [-0.05, 0) is 0 Å². The third kappa shape index (κ3) is 1.28. The highest BCUT2D eigenvalue weighted by atomic mass is 16.5. The minimum absolute atomic E-state index is 0.0880. The Morgan fingerprint density at radius 3 is 2.70 bits per heavy atom. The first-order chi connectivity index (χ1) is 4.79. The maximum atomic E-state index is 9.09. The van der Waals surface area contributed by atoms with Gasteiger partial charge >= 0.3 is 0 Å². The Bertz CT molecular complexity index is 111. The molecule has 0 aromatic heterocycles. The molecule has 0 aliphatic carbocycles. The van der Waals surface area contributed by atoms with Gasteiger partial charge in [-0.2, -0.15) is 5.48 Å². The van der Waals surface area contributed by atoms with Crippen LogP contribution in [0.4, 0.5) is 0 Å². The number of hydrogen-bond donors (Lipinski definition) is 5. The van der Waals surface area contributed by atoms with Crippen LogP contribution in [-0.4, -0.2) is 46.8 Å². The molecule has 0 bridgehead atoms. The molecule has 3 atom stereocenters. The average molecular weight is 148 g/mol. The molecule has 1 rings (SSSR count). The first-order valence-electron chi connectivity index (χ1n) is 3.21. The lowest BCUT2D eigenvalue weighted by Gasteiger charge is -2.16. The van der Waals surface area contributed by atoms with E-state index in [9.17, 15) is 0 Å². The Morgan fingerprint density at radius 1 is 1.60 bits per heavy atom. The van der Waals surface area contributed by atoms with Crippen LogP contribution in [0.1, 0.15) is 0 Å². The maximum Gasteiger partial charge on any atom is 0.0856 e. The summed E-state index contributed by atoms with van der Waals surface area (Å²) in [7, 11) is 0. The van der Waals surface area contributed by atoms with Gasteiger partial charge in [0.15, 0.2) is 0 Å². The van der Waals surface area contributed by atoms with Crippen molar-refractivity contribution in [3.05, 3.63) is 0 Å². The molecule has 0 unspecified atom stereocenters. The van der Waals surface area contributed by atoms with E-state index in [2.05, 4.69) is 5.32 Å². The number of hydrogen-bond acceptors (Lipinski definition) is 5. The first kappa shape index (κ1) is 7.90. The van der Waals surface area contributed by atoms with Crippen molar-refractivity contribution in [3.8, 4) is 0 Å². The highest BCUT2D eigenvalue weighted by Crippen LogP contribution is 2.05. The Labute approximate surface area is 58.6 Å². The Morgan fingerprint density at radius 2 is 2.30 bits per heavy atom. The van der Waals surface area contributed by atoms with Gasteiger partial charge in [-0.1, -0.05) is 0 Å². The molecule has 10 heavy (non-hydrogen) atoms. The standard InChI is InChI=1S/C5H12N2O3/c8-2-3-5(7-10)4(9)1-6-3/h3-10H,1-2H2/t3-,4-,5-/m1/s1. The topological polar surface area (TPSA) is 84.8 Å². The molecule has 5 nitrogen and oxygen atoms in total. The number of nitrogens with one attached hydrogen (secondary N) is 2. The van der Waals surface area contributed by atoms with Gasteiger partial charge in [-0.3, -0.25) is 0 Å². The smallest absolute Gasteiger partial charge is 0.0856 e. The van der Waals surface area contributed by atoms with E-state index in [1.165, 1.54) is 0 Å². The number of β-amino-alcohol motifs (C(OH)–C–C–N with tert-alkyl or cyclic N) is 1. The lowest BCUT2D eigenvalue weighted by atomic mass is 10.1. The molecule has 1 fully saturated rings. The van der Waals surface area contributed by atoms with E-state index in [4.69, 9.17) is 15.4 Å². The molecule has 0 amide bonds. The van der Waals surface area contributed by atoms with Crippen LogP contribution in [0.15, 0.2) is 0 Å². The molecule has 1 aliphatic heterocycles. The Balaban J connectivity index is 2.45. The summed E-state index contributed by atoms with van der Waals surface area (Å²) >= 11 is 0. The highest BCUT2D eigenvalue weighted by Gasteiger charge is 2.33. The van der Waals surface area contributed by atoms with Gasteiger partial charge < -0.3 is 20.7 Å². The van der Waals surface area contributed by atoms with Crippen molar-refractivity contribution in [3.63, 3.8) is 0 Å². The monoisotopic (exact) mass is 148 g/mol. The summed E-state index contributed by atoms with van der Waals surface area (Å²) in [6.45, 7) is 0.318. The lowest BCUT2D eigenvalue weighted by molar-refractivity contribution is 0.0471. The molecular weight excluding hydrogens is 136 g/mol. The lowest BCUT2D eigenvalue weighted by Crippen LogP contribution is -2.45. The zero-order valence-corrected chi connectivity index (χ0v) is 5.49. The second-order valence-electron chi connectivity index (χ2n) is 2.42. The van der Waals surface area contributed by atoms with Crippen molar-refractivity contribution in [1.82, 2.24) is 10.8 Å².